The molecule has 0 spiro atoms. The van der Waals surface area contributed by atoms with Crippen LogP contribution in [-0.4, -0.2) is 35.8 Å². The standard InChI is InChI=1S/C16H16ClFN2O4S/c1-3-14(13-6-4-5-7-19-13)20(2)25(23,24)15-8-10(16(21)22)11(17)9-12(15)18/h4-9,14H,3H2,1-2H3,(H,21,22). The number of hydrogen-bond donors (Lipinski definition) is 1. The number of carboxylic acid groups (broad SMARTS) is 1. The fourth-order valence-electron chi connectivity index (χ4n) is 2.44. The van der Waals surface area contributed by atoms with E-state index in [-0.39, 0.29) is 5.02 Å². The molecule has 0 fully saturated rings. The number of aromatic nitrogens is 1. The number of nitrogens with zero attached hydrogens (tertiary/aromatic N) is 2. The molecule has 1 unspecified atom stereocenters. The van der Waals surface area contributed by atoms with Gasteiger partial charge in [-0.3, -0.25) is 4.98 Å². The fraction of sp³-hybridized carbons (Fsp3) is 0.250. The maximum Gasteiger partial charge on any atom is 0.337 e. The highest BCUT2D eigenvalue weighted by atomic mass is 35.5. The van der Waals surface area contributed by atoms with Crippen molar-refractivity contribution in [1.29, 1.82) is 0 Å². The van der Waals surface area contributed by atoms with E-state index in [1.807, 2.05) is 0 Å². The van der Waals surface area contributed by atoms with Crippen LogP contribution in [-0.2, 0) is 10.0 Å². The van der Waals surface area contributed by atoms with Crippen molar-refractivity contribution in [1.82, 2.24) is 9.29 Å². The Bertz CT molecular complexity index is 891. The van der Waals surface area contributed by atoms with Crippen molar-refractivity contribution < 1.29 is 22.7 Å². The maximum absolute atomic E-state index is 14.2. The lowest BCUT2D eigenvalue weighted by Crippen LogP contribution is -2.32. The minimum atomic E-state index is -4.31. The number of aromatic carboxylic acids is 1. The van der Waals surface area contributed by atoms with Crippen LogP contribution in [0.5, 0.6) is 0 Å². The van der Waals surface area contributed by atoms with E-state index in [0.29, 0.717) is 18.2 Å². The second-order valence-electron chi connectivity index (χ2n) is 5.27. The number of hydrogen-bond acceptors (Lipinski definition) is 4. The Kier molecular flexibility index (Phi) is 5.76. The molecule has 9 heteroatoms. The van der Waals surface area contributed by atoms with Gasteiger partial charge in [-0.15, -0.1) is 0 Å². The highest BCUT2D eigenvalue weighted by molar-refractivity contribution is 7.89. The predicted octanol–water partition coefficient (Wildman–Crippen LogP) is 3.34. The molecule has 0 saturated carbocycles. The molecule has 0 amide bonds. The predicted molar refractivity (Wildman–Crippen MR) is 90.6 cm³/mol. The summed E-state index contributed by atoms with van der Waals surface area (Å²) < 4.78 is 40.9. The lowest BCUT2D eigenvalue weighted by atomic mass is 10.1. The number of carbonyl (C=O) groups is 1. The molecule has 134 valence electrons. The van der Waals surface area contributed by atoms with Crippen LogP contribution in [0, 0.1) is 5.82 Å². The Morgan fingerprint density at radius 1 is 1.40 bits per heavy atom. The van der Waals surface area contributed by atoms with Crippen molar-refractivity contribution in [3.8, 4) is 0 Å². The summed E-state index contributed by atoms with van der Waals surface area (Å²) in [7, 11) is -3.01. The molecule has 0 aliphatic rings. The van der Waals surface area contributed by atoms with Gasteiger partial charge in [-0.25, -0.2) is 17.6 Å². The van der Waals surface area contributed by atoms with Crippen molar-refractivity contribution in [3.05, 3.63) is 58.6 Å². The maximum atomic E-state index is 14.2. The first-order valence-electron chi connectivity index (χ1n) is 7.31. The zero-order valence-electron chi connectivity index (χ0n) is 13.5. The molecule has 25 heavy (non-hydrogen) atoms. The molecule has 1 N–H and O–H groups in total. The van der Waals surface area contributed by atoms with Crippen molar-refractivity contribution in [2.45, 2.75) is 24.3 Å². The van der Waals surface area contributed by atoms with Crippen LogP contribution in [0.3, 0.4) is 0 Å². The molecule has 1 atom stereocenters. The molecule has 0 radical (unpaired) electrons. The minimum Gasteiger partial charge on any atom is -0.478 e. The number of sulfonamides is 1. The topological polar surface area (TPSA) is 87.6 Å². The van der Waals surface area contributed by atoms with Gasteiger partial charge < -0.3 is 5.11 Å². The zero-order chi connectivity index (χ0) is 18.8. The number of benzene rings is 1. The Balaban J connectivity index is 2.54. The summed E-state index contributed by atoms with van der Waals surface area (Å²) >= 11 is 5.67. The number of pyridine rings is 1. The summed E-state index contributed by atoms with van der Waals surface area (Å²) in [5, 5.41) is 8.72. The van der Waals surface area contributed by atoms with E-state index in [1.54, 1.807) is 25.1 Å². The van der Waals surface area contributed by atoms with Gasteiger partial charge in [0.15, 0.2) is 0 Å². The molecular weight excluding hydrogens is 371 g/mol. The highest BCUT2D eigenvalue weighted by Crippen LogP contribution is 2.31. The molecule has 1 aromatic heterocycles. The van der Waals surface area contributed by atoms with Gasteiger partial charge in [0, 0.05) is 13.2 Å². The summed E-state index contributed by atoms with van der Waals surface area (Å²) in [4.78, 5) is 14.6. The van der Waals surface area contributed by atoms with E-state index in [4.69, 9.17) is 16.7 Å². The Labute approximate surface area is 149 Å². The van der Waals surface area contributed by atoms with Gasteiger partial charge >= 0.3 is 5.97 Å². The minimum absolute atomic E-state index is 0.372. The average molecular weight is 387 g/mol. The second-order valence-corrected chi connectivity index (χ2v) is 7.64. The molecule has 0 aliphatic carbocycles. The van der Waals surface area contributed by atoms with Crippen molar-refractivity contribution in [2.24, 2.45) is 0 Å². The van der Waals surface area contributed by atoms with Gasteiger partial charge in [-0.2, -0.15) is 4.31 Å². The molecule has 2 rings (SSSR count). The monoisotopic (exact) mass is 386 g/mol. The van der Waals surface area contributed by atoms with Crippen molar-refractivity contribution >= 4 is 27.6 Å². The molecule has 1 heterocycles. The van der Waals surface area contributed by atoms with Crippen LogP contribution >= 0.6 is 11.6 Å². The van der Waals surface area contributed by atoms with Crippen LogP contribution in [0.1, 0.15) is 35.4 Å². The molecule has 2 aromatic rings. The van der Waals surface area contributed by atoms with Crippen LogP contribution in [0.4, 0.5) is 4.39 Å². The van der Waals surface area contributed by atoms with Gasteiger partial charge in [-0.05, 0) is 30.7 Å². The van der Waals surface area contributed by atoms with Crippen LogP contribution in [0.25, 0.3) is 0 Å². The lowest BCUT2D eigenvalue weighted by molar-refractivity contribution is 0.0696. The summed E-state index contributed by atoms with van der Waals surface area (Å²) in [6.45, 7) is 1.77. The zero-order valence-corrected chi connectivity index (χ0v) is 15.1. The van der Waals surface area contributed by atoms with Crippen LogP contribution in [0.2, 0.25) is 5.02 Å². The first-order valence-corrected chi connectivity index (χ1v) is 9.13. The molecule has 0 bridgehead atoms. The van der Waals surface area contributed by atoms with E-state index < -0.39 is 38.3 Å². The third-order valence-electron chi connectivity index (χ3n) is 3.76. The van der Waals surface area contributed by atoms with E-state index in [2.05, 4.69) is 4.98 Å². The van der Waals surface area contributed by atoms with Crippen molar-refractivity contribution in [2.75, 3.05) is 7.05 Å². The Morgan fingerprint density at radius 3 is 2.60 bits per heavy atom. The smallest absolute Gasteiger partial charge is 0.337 e. The first kappa shape index (κ1) is 19.3. The summed E-state index contributed by atoms with van der Waals surface area (Å²) in [6, 6.07) is 5.88. The number of rotatable bonds is 6. The molecule has 0 saturated heterocycles. The van der Waals surface area contributed by atoms with E-state index >= 15 is 0 Å². The third-order valence-corrected chi connectivity index (χ3v) is 5.96. The summed E-state index contributed by atoms with van der Waals surface area (Å²) in [5.74, 6) is -2.56. The number of halogens is 2. The Morgan fingerprint density at radius 2 is 2.08 bits per heavy atom. The Hall–Kier alpha value is -2.03. The molecule has 6 nitrogen and oxygen atoms in total. The fourth-order valence-corrected chi connectivity index (χ4v) is 4.14. The van der Waals surface area contributed by atoms with Gasteiger partial charge in [0.25, 0.3) is 0 Å². The second kappa shape index (κ2) is 7.47. The molecule has 1 aromatic carbocycles. The number of carboxylic acids is 1. The quantitative estimate of drug-likeness (QED) is 0.822. The average Bonchev–Trinajstić information content (AvgIpc) is 2.55. The van der Waals surface area contributed by atoms with Crippen LogP contribution < -0.4 is 0 Å². The molecule has 0 aliphatic heterocycles. The first-order chi connectivity index (χ1) is 11.7. The third kappa shape index (κ3) is 3.81. The van der Waals surface area contributed by atoms with E-state index in [0.717, 1.165) is 10.4 Å². The highest BCUT2D eigenvalue weighted by Gasteiger charge is 2.32. The van der Waals surface area contributed by atoms with Gasteiger partial charge in [0.2, 0.25) is 10.0 Å². The van der Waals surface area contributed by atoms with Crippen molar-refractivity contribution in [3.63, 3.8) is 0 Å². The summed E-state index contributed by atoms with van der Waals surface area (Å²) in [5.41, 5.74) is 0.0184. The van der Waals surface area contributed by atoms with Crippen LogP contribution in [0.15, 0.2) is 41.4 Å². The van der Waals surface area contributed by atoms with E-state index in [9.17, 15) is 17.6 Å². The normalized spacial score (nSPS) is 13.0. The van der Waals surface area contributed by atoms with Gasteiger partial charge in [0.1, 0.15) is 10.7 Å². The summed E-state index contributed by atoms with van der Waals surface area (Å²) in [6.07, 6.45) is 1.93. The lowest BCUT2D eigenvalue weighted by Gasteiger charge is -2.26. The molecular formula is C16H16ClFN2O4S. The van der Waals surface area contributed by atoms with E-state index in [1.165, 1.54) is 13.2 Å². The SMILES string of the molecule is CCC(c1ccccn1)N(C)S(=O)(=O)c1cc(C(=O)O)c(Cl)cc1F. The van der Waals surface area contributed by atoms with Gasteiger partial charge in [-0.1, -0.05) is 24.6 Å². The van der Waals surface area contributed by atoms with Gasteiger partial charge in [0.05, 0.1) is 22.3 Å². The largest absolute Gasteiger partial charge is 0.478 e.